The quantitative estimate of drug-likeness (QED) is 0.879. The summed E-state index contributed by atoms with van der Waals surface area (Å²) in [6.07, 6.45) is 0.952. The van der Waals surface area contributed by atoms with Crippen LogP contribution >= 0.6 is 0 Å². The van der Waals surface area contributed by atoms with Gasteiger partial charge in [-0.05, 0) is 25.1 Å². The van der Waals surface area contributed by atoms with E-state index in [1.807, 2.05) is 0 Å². The van der Waals surface area contributed by atoms with E-state index < -0.39 is 33.6 Å². The zero-order valence-electron chi connectivity index (χ0n) is 12.0. The monoisotopic (exact) mass is 341 g/mol. The fraction of sp³-hybridized carbons (Fsp3) is 0.143. The van der Waals surface area contributed by atoms with Crippen molar-refractivity contribution in [2.45, 2.75) is 17.9 Å². The molecule has 122 valence electrons. The lowest BCUT2D eigenvalue weighted by molar-refractivity contribution is 0.0934. The fourth-order valence-electron chi connectivity index (χ4n) is 1.88. The third-order valence-corrected chi connectivity index (χ3v) is 3.97. The molecule has 1 atom stereocenters. The van der Waals surface area contributed by atoms with Crippen LogP contribution in [0.2, 0.25) is 0 Å². The van der Waals surface area contributed by atoms with E-state index in [1.54, 1.807) is 0 Å². The maximum Gasteiger partial charge on any atom is 0.270 e. The van der Waals surface area contributed by atoms with Crippen LogP contribution in [-0.4, -0.2) is 19.3 Å². The average Bonchev–Trinajstić information content (AvgIpc) is 2.46. The number of hydrogen-bond acceptors (Lipinski definition) is 4. The Morgan fingerprint density at radius 2 is 1.96 bits per heavy atom. The standard InChI is InChI=1S/C14H13F2N3O3S/c1-8(11-4-2-9(15)6-12(11)16)19-14(20)13-5-3-10(7-18-13)23(17,21)22/h2-8H,1H3,(H,19,20)(H2,17,21,22)/t8-/m1/s1. The molecule has 23 heavy (non-hydrogen) atoms. The Balaban J connectivity index is 2.15. The molecule has 0 spiro atoms. The number of primary sulfonamides is 1. The van der Waals surface area contributed by atoms with E-state index in [0.29, 0.717) is 0 Å². The first-order valence-electron chi connectivity index (χ1n) is 6.43. The van der Waals surface area contributed by atoms with Crippen LogP contribution in [0, 0.1) is 11.6 Å². The summed E-state index contributed by atoms with van der Waals surface area (Å²) in [6.45, 7) is 1.52. The SMILES string of the molecule is C[C@@H](NC(=O)c1ccc(S(N)(=O)=O)cn1)c1ccc(F)cc1F. The molecule has 9 heteroatoms. The first-order chi connectivity index (χ1) is 10.7. The lowest BCUT2D eigenvalue weighted by Gasteiger charge is -2.15. The molecular weight excluding hydrogens is 328 g/mol. The zero-order chi connectivity index (χ0) is 17.2. The zero-order valence-corrected chi connectivity index (χ0v) is 12.8. The molecule has 0 fully saturated rings. The van der Waals surface area contributed by atoms with Gasteiger partial charge in [0, 0.05) is 17.8 Å². The van der Waals surface area contributed by atoms with E-state index in [9.17, 15) is 22.0 Å². The van der Waals surface area contributed by atoms with Crippen molar-refractivity contribution in [2.24, 2.45) is 5.14 Å². The second-order valence-electron chi connectivity index (χ2n) is 4.79. The van der Waals surface area contributed by atoms with Gasteiger partial charge in [-0.1, -0.05) is 6.07 Å². The topological polar surface area (TPSA) is 102 Å². The number of nitrogens with one attached hydrogen (secondary N) is 1. The highest BCUT2D eigenvalue weighted by atomic mass is 32.2. The second kappa shape index (κ2) is 6.39. The predicted octanol–water partition coefficient (Wildman–Crippen LogP) is 1.50. The largest absolute Gasteiger partial charge is 0.344 e. The Labute approximate surface area is 131 Å². The molecular formula is C14H13F2N3O3S. The van der Waals surface area contributed by atoms with Crippen molar-refractivity contribution >= 4 is 15.9 Å². The van der Waals surface area contributed by atoms with Crippen LogP contribution in [0.4, 0.5) is 8.78 Å². The number of sulfonamides is 1. The van der Waals surface area contributed by atoms with Crippen LogP contribution in [0.1, 0.15) is 29.0 Å². The van der Waals surface area contributed by atoms with Crippen molar-refractivity contribution in [3.05, 3.63) is 59.4 Å². The summed E-state index contributed by atoms with van der Waals surface area (Å²) in [5, 5.41) is 7.41. The molecule has 0 bridgehead atoms. The number of aromatic nitrogens is 1. The molecule has 1 heterocycles. The molecule has 1 aromatic heterocycles. The van der Waals surface area contributed by atoms with Crippen LogP contribution in [0.5, 0.6) is 0 Å². The van der Waals surface area contributed by atoms with Gasteiger partial charge in [-0.25, -0.2) is 27.3 Å². The molecule has 0 aliphatic rings. The van der Waals surface area contributed by atoms with Gasteiger partial charge in [0.2, 0.25) is 10.0 Å². The van der Waals surface area contributed by atoms with Gasteiger partial charge < -0.3 is 5.32 Å². The number of carbonyl (C=O) groups is 1. The number of halogens is 2. The van der Waals surface area contributed by atoms with Crippen molar-refractivity contribution in [3.8, 4) is 0 Å². The Morgan fingerprint density at radius 3 is 2.48 bits per heavy atom. The molecule has 0 unspecified atom stereocenters. The minimum Gasteiger partial charge on any atom is -0.344 e. The molecule has 2 rings (SSSR count). The molecule has 0 radical (unpaired) electrons. The Kier molecular flexibility index (Phi) is 4.71. The van der Waals surface area contributed by atoms with Crippen molar-refractivity contribution in [3.63, 3.8) is 0 Å². The number of hydrogen-bond donors (Lipinski definition) is 2. The number of nitrogens with zero attached hydrogens (tertiary/aromatic N) is 1. The van der Waals surface area contributed by atoms with Gasteiger partial charge in [-0.15, -0.1) is 0 Å². The Bertz CT molecular complexity index is 839. The normalized spacial score (nSPS) is 12.7. The van der Waals surface area contributed by atoms with Gasteiger partial charge >= 0.3 is 0 Å². The number of carbonyl (C=O) groups excluding carboxylic acids is 1. The molecule has 0 aliphatic carbocycles. The predicted molar refractivity (Wildman–Crippen MR) is 77.8 cm³/mol. The summed E-state index contributed by atoms with van der Waals surface area (Å²) in [5.41, 5.74) is 0.0488. The van der Waals surface area contributed by atoms with Gasteiger partial charge in [0.25, 0.3) is 5.91 Å². The second-order valence-corrected chi connectivity index (χ2v) is 6.35. The van der Waals surface area contributed by atoms with E-state index in [1.165, 1.54) is 19.1 Å². The lowest BCUT2D eigenvalue weighted by Crippen LogP contribution is -2.28. The number of rotatable bonds is 4. The maximum atomic E-state index is 13.7. The highest BCUT2D eigenvalue weighted by Gasteiger charge is 2.17. The number of pyridine rings is 1. The number of benzene rings is 1. The van der Waals surface area contributed by atoms with Crippen LogP contribution in [0.15, 0.2) is 41.4 Å². The first kappa shape index (κ1) is 17.0. The van der Waals surface area contributed by atoms with Gasteiger partial charge in [-0.3, -0.25) is 4.79 Å². The first-order valence-corrected chi connectivity index (χ1v) is 7.98. The lowest BCUT2D eigenvalue weighted by atomic mass is 10.1. The Morgan fingerprint density at radius 1 is 1.26 bits per heavy atom. The Hall–Kier alpha value is -2.39. The summed E-state index contributed by atoms with van der Waals surface area (Å²) in [5.74, 6) is -2.14. The summed E-state index contributed by atoms with van der Waals surface area (Å²) in [4.78, 5) is 15.5. The minimum absolute atomic E-state index is 0.0632. The summed E-state index contributed by atoms with van der Waals surface area (Å²) < 4.78 is 48.7. The third-order valence-electron chi connectivity index (χ3n) is 3.07. The third kappa shape index (κ3) is 4.08. The van der Waals surface area contributed by atoms with Gasteiger partial charge in [-0.2, -0.15) is 0 Å². The molecule has 1 aromatic carbocycles. The molecule has 6 nitrogen and oxygen atoms in total. The van der Waals surface area contributed by atoms with Crippen LogP contribution in [0.25, 0.3) is 0 Å². The summed E-state index contributed by atoms with van der Waals surface area (Å²) in [6, 6.07) is 4.62. The summed E-state index contributed by atoms with van der Waals surface area (Å²) in [7, 11) is -3.90. The van der Waals surface area contributed by atoms with Gasteiger partial charge in [0.15, 0.2) is 0 Å². The van der Waals surface area contributed by atoms with Crippen molar-refractivity contribution in [2.75, 3.05) is 0 Å². The molecule has 1 amide bonds. The fourth-order valence-corrected chi connectivity index (χ4v) is 2.34. The molecule has 0 aliphatic heterocycles. The van der Waals surface area contributed by atoms with Gasteiger partial charge in [0.05, 0.1) is 6.04 Å². The maximum absolute atomic E-state index is 13.7. The van der Waals surface area contributed by atoms with Crippen molar-refractivity contribution < 1.29 is 22.0 Å². The van der Waals surface area contributed by atoms with E-state index in [0.717, 1.165) is 24.4 Å². The van der Waals surface area contributed by atoms with E-state index in [4.69, 9.17) is 5.14 Å². The van der Waals surface area contributed by atoms with Crippen LogP contribution in [0.3, 0.4) is 0 Å². The molecule has 0 saturated carbocycles. The van der Waals surface area contributed by atoms with Crippen LogP contribution in [-0.2, 0) is 10.0 Å². The minimum atomic E-state index is -3.90. The van der Waals surface area contributed by atoms with E-state index in [-0.39, 0.29) is 16.2 Å². The van der Waals surface area contributed by atoms with Crippen molar-refractivity contribution in [1.82, 2.24) is 10.3 Å². The van der Waals surface area contributed by atoms with E-state index >= 15 is 0 Å². The van der Waals surface area contributed by atoms with Gasteiger partial charge in [0.1, 0.15) is 22.2 Å². The molecule has 2 aromatic rings. The van der Waals surface area contributed by atoms with Crippen LogP contribution < -0.4 is 10.5 Å². The van der Waals surface area contributed by atoms with Crippen molar-refractivity contribution in [1.29, 1.82) is 0 Å². The smallest absolute Gasteiger partial charge is 0.270 e. The van der Waals surface area contributed by atoms with E-state index in [2.05, 4.69) is 10.3 Å². The number of amides is 1. The highest BCUT2D eigenvalue weighted by molar-refractivity contribution is 7.89. The number of nitrogens with two attached hydrogens (primary N) is 1. The highest BCUT2D eigenvalue weighted by Crippen LogP contribution is 2.18. The summed E-state index contributed by atoms with van der Waals surface area (Å²) >= 11 is 0. The molecule has 3 N–H and O–H groups in total. The average molecular weight is 341 g/mol. The molecule has 0 saturated heterocycles.